The number of rotatable bonds is 3. The molecule has 1 heterocycles. The zero-order valence-corrected chi connectivity index (χ0v) is 10.5. The number of benzene rings is 1. The molecule has 18 heavy (non-hydrogen) atoms. The minimum Gasteiger partial charge on any atom is -0.379 e. The van der Waals surface area contributed by atoms with Crippen molar-refractivity contribution in [1.29, 1.82) is 0 Å². The average molecular weight is 256 g/mol. The topological polar surface area (TPSA) is 38.5 Å². The summed E-state index contributed by atoms with van der Waals surface area (Å²) >= 11 is 0. The molecular formula is C13H18F2N2O. The van der Waals surface area contributed by atoms with Gasteiger partial charge in [-0.25, -0.2) is 8.78 Å². The Hall–Kier alpha value is -1.04. The van der Waals surface area contributed by atoms with Crippen molar-refractivity contribution in [2.45, 2.75) is 19.0 Å². The van der Waals surface area contributed by atoms with Gasteiger partial charge in [0.05, 0.1) is 18.9 Å². The molecule has 0 aliphatic carbocycles. The summed E-state index contributed by atoms with van der Waals surface area (Å²) in [5.74, 6) is -1.11. The Morgan fingerprint density at radius 3 is 2.61 bits per heavy atom. The Kier molecular flexibility index (Phi) is 3.94. The van der Waals surface area contributed by atoms with Crippen molar-refractivity contribution in [1.82, 2.24) is 4.90 Å². The van der Waals surface area contributed by atoms with E-state index in [1.165, 1.54) is 12.1 Å². The number of morpholine rings is 1. The highest BCUT2D eigenvalue weighted by atomic mass is 19.1. The number of nitrogens with two attached hydrogens (primary N) is 1. The van der Waals surface area contributed by atoms with Crippen LogP contribution >= 0.6 is 0 Å². The number of hydrogen-bond donors (Lipinski definition) is 1. The van der Waals surface area contributed by atoms with Gasteiger partial charge in [0.1, 0.15) is 11.6 Å². The molecule has 2 rings (SSSR count). The highest BCUT2D eigenvalue weighted by Crippen LogP contribution is 2.19. The lowest BCUT2D eigenvalue weighted by molar-refractivity contribution is -0.0144. The van der Waals surface area contributed by atoms with Crippen molar-refractivity contribution >= 4 is 0 Å². The van der Waals surface area contributed by atoms with E-state index in [9.17, 15) is 8.78 Å². The van der Waals surface area contributed by atoms with Gasteiger partial charge in [0.15, 0.2) is 0 Å². The van der Waals surface area contributed by atoms with Crippen molar-refractivity contribution in [2.24, 2.45) is 5.73 Å². The highest BCUT2D eigenvalue weighted by molar-refractivity contribution is 5.20. The van der Waals surface area contributed by atoms with Crippen molar-refractivity contribution in [2.75, 3.05) is 26.3 Å². The largest absolute Gasteiger partial charge is 0.379 e. The van der Waals surface area contributed by atoms with Crippen LogP contribution in [0.5, 0.6) is 0 Å². The Bertz CT molecular complexity index is 417. The van der Waals surface area contributed by atoms with Crippen LogP contribution in [0.3, 0.4) is 0 Å². The smallest absolute Gasteiger partial charge is 0.129 e. The van der Waals surface area contributed by atoms with Crippen LogP contribution in [-0.2, 0) is 11.2 Å². The summed E-state index contributed by atoms with van der Waals surface area (Å²) in [4.78, 5) is 2.07. The van der Waals surface area contributed by atoms with Crippen molar-refractivity contribution in [3.05, 3.63) is 35.4 Å². The monoisotopic (exact) mass is 256 g/mol. The van der Waals surface area contributed by atoms with Crippen molar-refractivity contribution in [3.63, 3.8) is 0 Å². The molecule has 0 spiro atoms. The maximum absolute atomic E-state index is 13.6. The fraction of sp³-hybridized carbons (Fsp3) is 0.538. The van der Waals surface area contributed by atoms with Gasteiger partial charge < -0.3 is 10.5 Å². The summed E-state index contributed by atoms with van der Waals surface area (Å²) in [5.41, 5.74) is 6.03. The van der Waals surface area contributed by atoms with Gasteiger partial charge >= 0.3 is 0 Å². The van der Waals surface area contributed by atoms with Crippen LogP contribution in [0.2, 0.25) is 0 Å². The van der Waals surface area contributed by atoms with Gasteiger partial charge in [-0.05, 0) is 18.6 Å². The first-order valence-corrected chi connectivity index (χ1v) is 6.05. The number of halogens is 2. The maximum Gasteiger partial charge on any atom is 0.129 e. The molecule has 1 aromatic carbocycles. The predicted molar refractivity (Wildman–Crippen MR) is 65.0 cm³/mol. The van der Waals surface area contributed by atoms with E-state index < -0.39 is 17.3 Å². The number of nitrogens with zero attached hydrogens (tertiary/aromatic N) is 1. The zero-order chi connectivity index (χ0) is 13.2. The van der Waals surface area contributed by atoms with E-state index in [0.29, 0.717) is 25.2 Å². The summed E-state index contributed by atoms with van der Waals surface area (Å²) in [6.07, 6.45) is 0.346. The molecule has 1 saturated heterocycles. The van der Waals surface area contributed by atoms with Crippen LogP contribution < -0.4 is 5.73 Å². The molecule has 0 saturated carbocycles. The lowest BCUT2D eigenvalue weighted by Gasteiger charge is -2.40. The van der Waals surface area contributed by atoms with Gasteiger partial charge in [0.25, 0.3) is 0 Å². The van der Waals surface area contributed by atoms with Crippen LogP contribution in [-0.4, -0.2) is 36.9 Å². The predicted octanol–water partition coefficient (Wildman–Crippen LogP) is 1.51. The molecule has 1 fully saturated rings. The number of ether oxygens (including phenoxy) is 1. The molecular weight excluding hydrogens is 238 g/mol. The van der Waals surface area contributed by atoms with Crippen molar-refractivity contribution in [3.8, 4) is 0 Å². The molecule has 3 nitrogen and oxygen atoms in total. The third-order valence-corrected chi connectivity index (χ3v) is 3.30. The van der Waals surface area contributed by atoms with Crippen LogP contribution in [0.1, 0.15) is 12.5 Å². The summed E-state index contributed by atoms with van der Waals surface area (Å²) in [7, 11) is 0. The molecule has 1 aliphatic rings. The Morgan fingerprint density at radius 2 is 2.00 bits per heavy atom. The van der Waals surface area contributed by atoms with Gasteiger partial charge in [-0.15, -0.1) is 0 Å². The minimum absolute atomic E-state index is 0.346. The van der Waals surface area contributed by atoms with Gasteiger partial charge in [-0.2, -0.15) is 0 Å². The van der Waals surface area contributed by atoms with Gasteiger partial charge in [-0.1, -0.05) is 6.07 Å². The first-order valence-electron chi connectivity index (χ1n) is 6.05. The number of hydrogen-bond acceptors (Lipinski definition) is 3. The molecule has 0 radical (unpaired) electrons. The third kappa shape index (κ3) is 3.04. The van der Waals surface area contributed by atoms with E-state index in [1.807, 2.05) is 6.92 Å². The Morgan fingerprint density at radius 1 is 1.33 bits per heavy atom. The maximum atomic E-state index is 13.6. The van der Waals surface area contributed by atoms with E-state index in [1.54, 1.807) is 0 Å². The van der Waals surface area contributed by atoms with E-state index in [4.69, 9.17) is 10.5 Å². The molecule has 100 valence electrons. The summed E-state index contributed by atoms with van der Waals surface area (Å²) < 4.78 is 31.7. The second kappa shape index (κ2) is 5.30. The summed E-state index contributed by atoms with van der Waals surface area (Å²) in [6.45, 7) is 4.60. The van der Waals surface area contributed by atoms with Gasteiger partial charge in [-0.3, -0.25) is 4.90 Å². The van der Waals surface area contributed by atoms with E-state index in [0.717, 1.165) is 19.2 Å². The second-order valence-electron chi connectivity index (χ2n) is 4.87. The lowest BCUT2D eigenvalue weighted by Crippen LogP contribution is -2.58. The molecule has 1 aliphatic heterocycles. The second-order valence-corrected chi connectivity index (χ2v) is 4.87. The van der Waals surface area contributed by atoms with Gasteiger partial charge in [0, 0.05) is 25.6 Å². The highest BCUT2D eigenvalue weighted by Gasteiger charge is 2.29. The molecule has 5 heteroatoms. The van der Waals surface area contributed by atoms with Crippen LogP contribution in [0, 0.1) is 11.6 Å². The third-order valence-electron chi connectivity index (χ3n) is 3.30. The van der Waals surface area contributed by atoms with Crippen LogP contribution in [0.15, 0.2) is 18.2 Å². The molecule has 0 aromatic heterocycles. The van der Waals surface area contributed by atoms with Crippen LogP contribution in [0.25, 0.3) is 0 Å². The Balaban J connectivity index is 2.10. The quantitative estimate of drug-likeness (QED) is 0.891. The lowest BCUT2D eigenvalue weighted by atomic mass is 9.99. The molecule has 1 atom stereocenters. The van der Waals surface area contributed by atoms with Crippen molar-refractivity contribution < 1.29 is 13.5 Å². The molecule has 1 unspecified atom stereocenters. The Labute approximate surface area is 106 Å². The van der Waals surface area contributed by atoms with Gasteiger partial charge in [0.2, 0.25) is 0 Å². The molecule has 0 bridgehead atoms. The van der Waals surface area contributed by atoms with E-state index >= 15 is 0 Å². The first-order chi connectivity index (χ1) is 8.49. The first kappa shape index (κ1) is 13.4. The van der Waals surface area contributed by atoms with Crippen LogP contribution in [0.4, 0.5) is 8.78 Å². The average Bonchev–Trinajstić information content (AvgIpc) is 2.34. The zero-order valence-electron chi connectivity index (χ0n) is 10.5. The fourth-order valence-corrected chi connectivity index (χ4v) is 2.24. The SMILES string of the molecule is CC(N)(Cc1ccc(F)cc1F)N1CCOCC1. The van der Waals surface area contributed by atoms with E-state index in [2.05, 4.69) is 4.90 Å². The minimum atomic E-state index is -0.650. The summed E-state index contributed by atoms with van der Waals surface area (Å²) in [6, 6.07) is 3.61. The normalized spacial score (nSPS) is 20.7. The summed E-state index contributed by atoms with van der Waals surface area (Å²) in [5, 5.41) is 0. The standard InChI is InChI=1S/C13H18F2N2O/c1-13(16,17-4-6-18-7-5-17)9-10-2-3-11(14)8-12(10)15/h2-3,8H,4-7,9,16H2,1H3. The van der Waals surface area contributed by atoms with E-state index in [-0.39, 0.29) is 0 Å². The molecule has 1 aromatic rings. The molecule has 0 amide bonds. The fourth-order valence-electron chi connectivity index (χ4n) is 2.24. The molecule has 2 N–H and O–H groups in total.